The van der Waals surface area contributed by atoms with E-state index in [1.807, 2.05) is 18.2 Å². The third kappa shape index (κ3) is 4.08. The van der Waals surface area contributed by atoms with Crippen molar-refractivity contribution in [3.8, 4) is 0 Å². The maximum atomic E-state index is 12.9. The first kappa shape index (κ1) is 20.9. The van der Waals surface area contributed by atoms with Gasteiger partial charge in [0.15, 0.2) is 0 Å². The Morgan fingerprint density at radius 1 is 1.25 bits per heavy atom. The third-order valence-electron chi connectivity index (χ3n) is 6.29. The van der Waals surface area contributed by atoms with E-state index in [0.717, 1.165) is 24.4 Å². The molecule has 0 saturated carbocycles. The molecule has 166 valence electrons. The molecule has 1 amide bonds. The summed E-state index contributed by atoms with van der Waals surface area (Å²) in [5.74, 6) is 0.536. The first-order valence-corrected chi connectivity index (χ1v) is 11.9. The highest BCUT2D eigenvalue weighted by Crippen LogP contribution is 2.29. The van der Waals surface area contributed by atoms with Crippen molar-refractivity contribution in [1.82, 2.24) is 19.8 Å². The smallest absolute Gasteiger partial charge is 0.297 e. The summed E-state index contributed by atoms with van der Waals surface area (Å²) in [6.45, 7) is 4.79. The molecular formula is C24H26N4O3S. The third-order valence-corrected chi connectivity index (χ3v) is 7.26. The zero-order chi connectivity index (χ0) is 22.1. The number of furan rings is 1. The molecule has 32 heavy (non-hydrogen) atoms. The summed E-state index contributed by atoms with van der Waals surface area (Å²) in [5, 5.41) is 5.91. The van der Waals surface area contributed by atoms with Crippen molar-refractivity contribution in [3.05, 3.63) is 63.3 Å². The summed E-state index contributed by atoms with van der Waals surface area (Å²) in [6.07, 6.45) is 3.78. The summed E-state index contributed by atoms with van der Waals surface area (Å²) in [4.78, 5) is 33.7. The average molecular weight is 451 g/mol. The van der Waals surface area contributed by atoms with Crippen molar-refractivity contribution >= 4 is 39.3 Å². The second kappa shape index (κ2) is 8.88. The maximum Gasteiger partial charge on any atom is 0.297 e. The van der Waals surface area contributed by atoms with Crippen molar-refractivity contribution in [2.45, 2.75) is 32.4 Å². The summed E-state index contributed by atoms with van der Waals surface area (Å²) in [6, 6.07) is 11.7. The van der Waals surface area contributed by atoms with Gasteiger partial charge in [-0.05, 0) is 55.4 Å². The number of benzene rings is 1. The van der Waals surface area contributed by atoms with Gasteiger partial charge in [0.2, 0.25) is 11.5 Å². The standard InChI is InChI=1S/C24H26N4O3S/c1-16-8-10-27(11-9-16)18(20-7-4-12-32-20)13-25-21(29)14-28-15-26-22-17-5-2-3-6-19(17)31-23(22)24(28)30/h2-7,12,15-16,18H,8-11,13-14H2,1H3,(H,25,29). The molecule has 1 aliphatic heterocycles. The number of nitrogens with zero attached hydrogens (tertiary/aromatic N) is 3. The number of para-hydroxylation sites is 1. The van der Waals surface area contributed by atoms with Gasteiger partial charge < -0.3 is 9.73 Å². The largest absolute Gasteiger partial charge is 0.448 e. The molecule has 5 rings (SSSR count). The Labute approximate surface area is 189 Å². The van der Waals surface area contributed by atoms with E-state index in [0.29, 0.717) is 17.6 Å². The number of nitrogens with one attached hydrogen (secondary N) is 1. The highest BCUT2D eigenvalue weighted by molar-refractivity contribution is 7.10. The van der Waals surface area contributed by atoms with E-state index in [1.165, 1.54) is 28.6 Å². The zero-order valence-corrected chi connectivity index (χ0v) is 18.8. The van der Waals surface area contributed by atoms with E-state index in [4.69, 9.17) is 4.42 Å². The first-order valence-electron chi connectivity index (χ1n) is 11.0. The number of hydrogen-bond acceptors (Lipinski definition) is 6. The van der Waals surface area contributed by atoms with E-state index in [-0.39, 0.29) is 29.6 Å². The number of likely N-dealkylation sites (tertiary alicyclic amines) is 1. The molecule has 3 aromatic heterocycles. The van der Waals surface area contributed by atoms with Gasteiger partial charge in [0.05, 0.1) is 12.4 Å². The predicted molar refractivity (Wildman–Crippen MR) is 126 cm³/mol. The number of rotatable bonds is 6. The maximum absolute atomic E-state index is 12.9. The van der Waals surface area contributed by atoms with Crippen LogP contribution in [0.1, 0.15) is 30.7 Å². The molecule has 0 radical (unpaired) electrons. The van der Waals surface area contributed by atoms with E-state index in [2.05, 4.69) is 39.6 Å². The molecule has 1 unspecified atom stereocenters. The molecule has 0 spiro atoms. The number of amides is 1. The van der Waals surface area contributed by atoms with Crippen molar-refractivity contribution in [1.29, 1.82) is 0 Å². The van der Waals surface area contributed by atoms with Gasteiger partial charge in [-0.25, -0.2) is 4.98 Å². The van der Waals surface area contributed by atoms with Gasteiger partial charge in [0, 0.05) is 16.8 Å². The molecular weight excluding hydrogens is 424 g/mol. The van der Waals surface area contributed by atoms with Crippen molar-refractivity contribution in [3.63, 3.8) is 0 Å². The van der Waals surface area contributed by atoms with Crippen LogP contribution in [0.25, 0.3) is 22.1 Å². The minimum Gasteiger partial charge on any atom is -0.448 e. The second-order valence-corrected chi connectivity index (χ2v) is 9.49. The van der Waals surface area contributed by atoms with Crippen LogP contribution in [0.15, 0.2) is 57.3 Å². The number of piperidine rings is 1. The molecule has 1 atom stereocenters. The van der Waals surface area contributed by atoms with Gasteiger partial charge in [-0.15, -0.1) is 11.3 Å². The molecule has 0 bridgehead atoms. The number of fused-ring (bicyclic) bond motifs is 3. The summed E-state index contributed by atoms with van der Waals surface area (Å²) >= 11 is 1.72. The highest BCUT2D eigenvalue weighted by atomic mass is 32.1. The minimum absolute atomic E-state index is 0.0903. The summed E-state index contributed by atoms with van der Waals surface area (Å²) in [5.41, 5.74) is 0.977. The molecule has 1 aliphatic rings. The van der Waals surface area contributed by atoms with Gasteiger partial charge in [-0.1, -0.05) is 25.1 Å². The van der Waals surface area contributed by atoms with Gasteiger partial charge >= 0.3 is 0 Å². The summed E-state index contributed by atoms with van der Waals surface area (Å²) < 4.78 is 7.02. The zero-order valence-electron chi connectivity index (χ0n) is 18.0. The quantitative estimate of drug-likeness (QED) is 0.483. The van der Waals surface area contributed by atoms with Crippen LogP contribution >= 0.6 is 11.3 Å². The topological polar surface area (TPSA) is 80.4 Å². The lowest BCUT2D eigenvalue weighted by Gasteiger charge is -2.36. The first-order chi connectivity index (χ1) is 15.6. The SMILES string of the molecule is CC1CCN(C(CNC(=O)Cn2cnc3c(oc4ccccc43)c2=O)c2cccs2)CC1. The molecule has 1 saturated heterocycles. The lowest BCUT2D eigenvalue weighted by atomic mass is 9.97. The molecule has 8 heteroatoms. The molecule has 4 heterocycles. The Hall–Kier alpha value is -2.97. The number of carbonyl (C=O) groups excluding carboxylic acids is 1. The van der Waals surface area contributed by atoms with Gasteiger partial charge in [0.1, 0.15) is 17.6 Å². The molecule has 4 aromatic rings. The van der Waals surface area contributed by atoms with Crippen LogP contribution < -0.4 is 10.9 Å². The van der Waals surface area contributed by atoms with Crippen LogP contribution in [-0.2, 0) is 11.3 Å². The lowest BCUT2D eigenvalue weighted by Crippen LogP contribution is -2.42. The van der Waals surface area contributed by atoms with Crippen LogP contribution in [0.2, 0.25) is 0 Å². The van der Waals surface area contributed by atoms with E-state index in [1.54, 1.807) is 17.4 Å². The number of hydrogen-bond donors (Lipinski definition) is 1. The number of thiophene rings is 1. The van der Waals surface area contributed by atoms with Crippen molar-refractivity contribution < 1.29 is 9.21 Å². The Kier molecular flexibility index (Phi) is 5.80. The molecule has 1 N–H and O–H groups in total. The van der Waals surface area contributed by atoms with Crippen LogP contribution in [0.5, 0.6) is 0 Å². The number of carbonyl (C=O) groups is 1. The summed E-state index contributed by atoms with van der Waals surface area (Å²) in [7, 11) is 0. The molecule has 1 aromatic carbocycles. The Balaban J connectivity index is 1.30. The fourth-order valence-corrected chi connectivity index (χ4v) is 5.24. The number of aromatic nitrogens is 2. The minimum atomic E-state index is -0.346. The van der Waals surface area contributed by atoms with Crippen LogP contribution in [0, 0.1) is 5.92 Å². The molecule has 0 aliphatic carbocycles. The second-order valence-electron chi connectivity index (χ2n) is 8.51. The van der Waals surface area contributed by atoms with Crippen LogP contribution in [0.3, 0.4) is 0 Å². The predicted octanol–water partition coefficient (Wildman–Crippen LogP) is 3.79. The monoisotopic (exact) mass is 450 g/mol. The van der Waals surface area contributed by atoms with Gasteiger partial charge in [-0.2, -0.15) is 0 Å². The normalized spacial score (nSPS) is 16.5. The Morgan fingerprint density at radius 2 is 2.06 bits per heavy atom. The average Bonchev–Trinajstić information content (AvgIpc) is 3.46. The van der Waals surface area contributed by atoms with Crippen molar-refractivity contribution in [2.24, 2.45) is 5.92 Å². The van der Waals surface area contributed by atoms with E-state index in [9.17, 15) is 9.59 Å². The Bertz CT molecular complexity index is 1290. The van der Waals surface area contributed by atoms with Gasteiger partial charge in [-0.3, -0.25) is 19.1 Å². The lowest BCUT2D eigenvalue weighted by molar-refractivity contribution is -0.122. The molecule has 1 fully saturated rings. The van der Waals surface area contributed by atoms with Crippen LogP contribution in [0.4, 0.5) is 0 Å². The van der Waals surface area contributed by atoms with E-state index >= 15 is 0 Å². The van der Waals surface area contributed by atoms with Gasteiger partial charge in [0.25, 0.3) is 5.56 Å². The molecule has 7 nitrogen and oxygen atoms in total. The van der Waals surface area contributed by atoms with Crippen LogP contribution in [-0.4, -0.2) is 40.0 Å². The van der Waals surface area contributed by atoms with E-state index < -0.39 is 0 Å². The fraction of sp³-hybridized carbons (Fsp3) is 0.375. The van der Waals surface area contributed by atoms with Crippen molar-refractivity contribution in [2.75, 3.05) is 19.6 Å². The Morgan fingerprint density at radius 3 is 2.84 bits per heavy atom. The highest BCUT2D eigenvalue weighted by Gasteiger charge is 2.26. The fourth-order valence-electron chi connectivity index (χ4n) is 4.38.